The van der Waals surface area contributed by atoms with Gasteiger partial charge in [-0.1, -0.05) is 17.7 Å². The minimum absolute atomic E-state index is 0.0478. The summed E-state index contributed by atoms with van der Waals surface area (Å²) < 4.78 is 0. The summed E-state index contributed by atoms with van der Waals surface area (Å²) in [5.41, 5.74) is 6.42. The van der Waals surface area contributed by atoms with Crippen LogP contribution in [0.1, 0.15) is 44.8 Å². The monoisotopic (exact) mass is 425 g/mol. The fourth-order valence-electron chi connectivity index (χ4n) is 3.52. The van der Waals surface area contributed by atoms with Crippen molar-refractivity contribution in [3.63, 3.8) is 0 Å². The zero-order valence-corrected chi connectivity index (χ0v) is 18.5. The van der Waals surface area contributed by atoms with Gasteiger partial charge < -0.3 is 5.32 Å². The molecule has 1 aliphatic rings. The van der Waals surface area contributed by atoms with Gasteiger partial charge in [-0.2, -0.15) is 0 Å². The van der Waals surface area contributed by atoms with Crippen LogP contribution in [0.2, 0.25) is 0 Å². The van der Waals surface area contributed by atoms with Crippen molar-refractivity contribution in [2.75, 3.05) is 10.6 Å². The molecule has 150 valence electrons. The summed E-state index contributed by atoms with van der Waals surface area (Å²) >= 11 is 2.72. The van der Waals surface area contributed by atoms with E-state index in [0.29, 0.717) is 10.0 Å². The second-order valence-corrected chi connectivity index (χ2v) is 9.56. The second kappa shape index (κ2) is 7.72. The van der Waals surface area contributed by atoms with Crippen LogP contribution in [-0.2, 0) is 4.79 Å². The third-order valence-corrected chi connectivity index (χ3v) is 6.89. The molecule has 2 heterocycles. The normalized spacial score (nSPS) is 13.4. The molecule has 4 rings (SSSR count). The fourth-order valence-corrected chi connectivity index (χ4v) is 5.19. The van der Waals surface area contributed by atoms with Crippen LogP contribution in [0.25, 0.3) is 11.3 Å². The van der Waals surface area contributed by atoms with Crippen LogP contribution in [0.15, 0.2) is 23.6 Å². The van der Waals surface area contributed by atoms with E-state index >= 15 is 0 Å². The topological polar surface area (TPSA) is 71.1 Å². The number of anilines is 2. The van der Waals surface area contributed by atoms with Crippen LogP contribution in [0, 0.1) is 33.6 Å². The Hall–Kier alpha value is -2.51. The first-order chi connectivity index (χ1) is 13.8. The summed E-state index contributed by atoms with van der Waals surface area (Å²) in [5.74, 6) is -0.0126. The molecule has 3 aromatic rings. The van der Waals surface area contributed by atoms with Gasteiger partial charge >= 0.3 is 0 Å². The van der Waals surface area contributed by atoms with Crippen LogP contribution in [0.3, 0.4) is 0 Å². The Labute approximate surface area is 178 Å². The molecule has 2 N–H and O–H groups in total. The van der Waals surface area contributed by atoms with E-state index in [9.17, 15) is 9.59 Å². The van der Waals surface area contributed by atoms with E-state index < -0.39 is 0 Å². The van der Waals surface area contributed by atoms with Crippen molar-refractivity contribution in [1.82, 2.24) is 4.98 Å². The number of nitrogens with one attached hydrogen (secondary N) is 2. The molecule has 0 atom stereocenters. The lowest BCUT2D eigenvalue weighted by atomic mass is 9.98. The van der Waals surface area contributed by atoms with E-state index in [1.165, 1.54) is 39.4 Å². The Balaban J connectivity index is 1.50. The van der Waals surface area contributed by atoms with Gasteiger partial charge in [0, 0.05) is 16.9 Å². The average molecular weight is 426 g/mol. The van der Waals surface area contributed by atoms with E-state index in [2.05, 4.69) is 48.5 Å². The summed E-state index contributed by atoms with van der Waals surface area (Å²) in [4.78, 5) is 29.9. The molecule has 0 radical (unpaired) electrons. The molecule has 29 heavy (non-hydrogen) atoms. The number of hydrogen-bond donors (Lipinski definition) is 2. The molecule has 2 aromatic heterocycles. The van der Waals surface area contributed by atoms with Crippen LogP contribution in [0.5, 0.6) is 0 Å². The smallest absolute Gasteiger partial charge is 0.267 e. The van der Waals surface area contributed by atoms with Crippen molar-refractivity contribution in [2.24, 2.45) is 5.92 Å². The summed E-state index contributed by atoms with van der Waals surface area (Å²) in [6.45, 7) is 8.13. The van der Waals surface area contributed by atoms with Gasteiger partial charge in [-0.05, 0) is 63.3 Å². The summed E-state index contributed by atoms with van der Waals surface area (Å²) in [7, 11) is 0. The van der Waals surface area contributed by atoms with Crippen molar-refractivity contribution in [1.29, 1.82) is 0 Å². The summed E-state index contributed by atoms with van der Waals surface area (Å²) in [6.07, 6.45) is 1.91. The molecule has 5 nitrogen and oxygen atoms in total. The first kappa shape index (κ1) is 19.8. The predicted molar refractivity (Wildman–Crippen MR) is 120 cm³/mol. The number of aryl methyl sites for hydroxylation is 4. The molecule has 1 saturated carbocycles. The number of benzene rings is 1. The zero-order chi connectivity index (χ0) is 20.7. The highest BCUT2D eigenvalue weighted by atomic mass is 32.1. The molecular weight excluding hydrogens is 402 g/mol. The van der Waals surface area contributed by atoms with Crippen LogP contribution >= 0.6 is 22.7 Å². The number of thiazole rings is 1. The maximum Gasteiger partial charge on any atom is 0.267 e. The number of nitrogens with zero attached hydrogens (tertiary/aromatic N) is 1. The number of amides is 2. The van der Waals surface area contributed by atoms with Crippen LogP contribution < -0.4 is 10.6 Å². The Kier molecular flexibility index (Phi) is 5.27. The Bertz CT molecular complexity index is 1090. The van der Waals surface area contributed by atoms with Crippen LogP contribution in [-0.4, -0.2) is 16.8 Å². The molecular formula is C22H23N3O2S2. The molecule has 1 aliphatic carbocycles. The van der Waals surface area contributed by atoms with Gasteiger partial charge in [-0.25, -0.2) is 4.98 Å². The molecule has 0 bridgehead atoms. The number of thiophene rings is 1. The van der Waals surface area contributed by atoms with Crippen molar-refractivity contribution < 1.29 is 9.59 Å². The van der Waals surface area contributed by atoms with Gasteiger partial charge in [-0.15, -0.1) is 22.7 Å². The van der Waals surface area contributed by atoms with E-state index in [-0.39, 0.29) is 17.7 Å². The lowest BCUT2D eigenvalue weighted by molar-refractivity contribution is -0.117. The van der Waals surface area contributed by atoms with Gasteiger partial charge in [0.05, 0.1) is 15.6 Å². The fraction of sp³-hybridized carbons (Fsp3) is 0.318. The SMILES string of the molecule is Cc1cc(C)c(-c2csc(NC(=O)c3sc(NC(=O)C4CC4)cc3C)n2)c(C)c1. The predicted octanol–water partition coefficient (Wildman–Crippen LogP) is 5.71. The molecule has 1 fully saturated rings. The lowest BCUT2D eigenvalue weighted by Crippen LogP contribution is -2.12. The average Bonchev–Trinajstić information content (AvgIpc) is 3.29. The third kappa shape index (κ3) is 4.26. The standard InChI is InChI=1S/C22H23N3O2S2/c1-11-7-12(2)18(13(3)8-11)16-10-28-22(23-16)25-21(27)19-14(4)9-17(29-19)24-20(26)15-5-6-15/h7-10,15H,5-6H2,1-4H3,(H,24,26)(H,23,25,27). The molecule has 0 saturated heterocycles. The lowest BCUT2D eigenvalue weighted by Gasteiger charge is -2.08. The molecule has 7 heteroatoms. The first-order valence-corrected chi connectivity index (χ1v) is 11.3. The number of carbonyl (C=O) groups is 2. The highest BCUT2D eigenvalue weighted by molar-refractivity contribution is 7.18. The van der Waals surface area contributed by atoms with Gasteiger partial charge in [0.1, 0.15) is 0 Å². The van der Waals surface area contributed by atoms with Gasteiger partial charge in [0.25, 0.3) is 5.91 Å². The number of rotatable bonds is 5. The number of carbonyl (C=O) groups excluding carboxylic acids is 2. The van der Waals surface area contributed by atoms with E-state index in [1.54, 1.807) is 0 Å². The summed E-state index contributed by atoms with van der Waals surface area (Å²) in [5, 5.41) is 9.08. The Morgan fingerprint density at radius 3 is 2.34 bits per heavy atom. The number of hydrogen-bond acceptors (Lipinski definition) is 5. The van der Waals surface area contributed by atoms with Crippen molar-refractivity contribution >= 4 is 44.6 Å². The highest BCUT2D eigenvalue weighted by Gasteiger charge is 2.30. The highest BCUT2D eigenvalue weighted by Crippen LogP contribution is 2.34. The molecule has 2 amide bonds. The van der Waals surface area contributed by atoms with Crippen LogP contribution in [0.4, 0.5) is 10.1 Å². The zero-order valence-electron chi connectivity index (χ0n) is 16.9. The Morgan fingerprint density at radius 1 is 1.00 bits per heavy atom. The maximum atomic E-state index is 12.8. The Morgan fingerprint density at radius 2 is 1.69 bits per heavy atom. The molecule has 0 aliphatic heterocycles. The molecule has 0 spiro atoms. The van der Waals surface area contributed by atoms with Crippen molar-refractivity contribution in [2.45, 2.75) is 40.5 Å². The van der Waals surface area contributed by atoms with E-state index in [4.69, 9.17) is 0 Å². The first-order valence-electron chi connectivity index (χ1n) is 9.58. The largest absolute Gasteiger partial charge is 0.317 e. The van der Waals surface area contributed by atoms with E-state index in [1.807, 2.05) is 18.4 Å². The number of aromatic nitrogens is 1. The van der Waals surface area contributed by atoms with E-state index in [0.717, 1.165) is 34.7 Å². The minimum atomic E-state index is -0.197. The van der Waals surface area contributed by atoms with Gasteiger partial charge in [0.2, 0.25) is 5.91 Å². The second-order valence-electron chi connectivity index (χ2n) is 7.65. The quantitative estimate of drug-likeness (QED) is 0.550. The minimum Gasteiger partial charge on any atom is -0.317 e. The maximum absolute atomic E-state index is 12.8. The third-order valence-electron chi connectivity index (χ3n) is 4.98. The summed E-state index contributed by atoms with van der Waals surface area (Å²) in [6, 6.07) is 6.14. The van der Waals surface area contributed by atoms with Gasteiger partial charge in [0.15, 0.2) is 5.13 Å². The van der Waals surface area contributed by atoms with Crippen molar-refractivity contribution in [3.8, 4) is 11.3 Å². The molecule has 1 aromatic carbocycles. The van der Waals surface area contributed by atoms with Gasteiger partial charge in [-0.3, -0.25) is 14.9 Å². The molecule has 0 unspecified atom stereocenters. The van der Waals surface area contributed by atoms with Crippen molar-refractivity contribution in [3.05, 3.63) is 50.7 Å².